The van der Waals surface area contributed by atoms with Gasteiger partial charge in [0.2, 0.25) is 13.6 Å². The number of H-pyrrole nitrogens is 1. The maximum atomic E-state index is 12.5. The molecule has 2 aromatic carbocycles. The van der Waals surface area contributed by atoms with Gasteiger partial charge in [-0.15, -0.1) is 0 Å². The van der Waals surface area contributed by atoms with Crippen LogP contribution >= 0.6 is 0 Å². The van der Waals surface area contributed by atoms with E-state index in [1.54, 1.807) is 36.4 Å². The predicted molar refractivity (Wildman–Crippen MR) is 111 cm³/mol. The average Bonchev–Trinajstić information content (AvgIpc) is 3.55. The van der Waals surface area contributed by atoms with Crippen molar-refractivity contribution in [3.63, 3.8) is 0 Å². The summed E-state index contributed by atoms with van der Waals surface area (Å²) in [6.07, 6.45) is 1.97. The Bertz CT molecular complexity index is 1060. The van der Waals surface area contributed by atoms with Gasteiger partial charge in [0.25, 0.3) is 0 Å². The Kier molecular flexibility index (Phi) is 5.08. The smallest absolute Gasteiger partial charge is 0.231 e. The minimum absolute atomic E-state index is 0.0486. The Hall–Kier alpha value is -3.74. The van der Waals surface area contributed by atoms with Crippen molar-refractivity contribution in [1.82, 2.24) is 4.98 Å². The molecule has 2 aliphatic heterocycles. The molecule has 1 aromatic heterocycles. The number of hydrogen-bond acceptors (Lipinski definition) is 6. The Morgan fingerprint density at radius 2 is 1.10 bits per heavy atom. The second-order valence-corrected chi connectivity index (χ2v) is 7.49. The van der Waals surface area contributed by atoms with E-state index in [1.807, 2.05) is 12.1 Å². The monoisotopic (exact) mass is 419 g/mol. The maximum absolute atomic E-state index is 12.5. The molecule has 0 spiro atoms. The van der Waals surface area contributed by atoms with Crippen LogP contribution in [0, 0.1) is 0 Å². The van der Waals surface area contributed by atoms with Gasteiger partial charge >= 0.3 is 0 Å². The van der Waals surface area contributed by atoms with Crippen molar-refractivity contribution in [3.8, 4) is 23.0 Å². The summed E-state index contributed by atoms with van der Waals surface area (Å²) in [6, 6.07) is 14.4. The van der Waals surface area contributed by atoms with E-state index in [0.717, 1.165) is 11.4 Å². The molecule has 0 saturated heterocycles. The topological polar surface area (TPSA) is 86.9 Å². The van der Waals surface area contributed by atoms with Crippen LogP contribution in [-0.2, 0) is 12.8 Å². The highest BCUT2D eigenvalue weighted by Crippen LogP contribution is 2.33. The van der Waals surface area contributed by atoms with Gasteiger partial charge in [0.1, 0.15) is 0 Å². The number of nitrogens with one attached hydrogen (secondary N) is 1. The molecule has 1 N–H and O–H groups in total. The van der Waals surface area contributed by atoms with E-state index in [0.29, 0.717) is 59.8 Å². The normalized spacial score (nSPS) is 13.4. The third-order valence-electron chi connectivity index (χ3n) is 5.44. The van der Waals surface area contributed by atoms with Gasteiger partial charge < -0.3 is 23.9 Å². The number of carbonyl (C=O) groups is 2. The summed E-state index contributed by atoms with van der Waals surface area (Å²) in [7, 11) is 0. The average molecular weight is 419 g/mol. The number of fused-ring (bicyclic) bond motifs is 2. The lowest BCUT2D eigenvalue weighted by molar-refractivity contribution is 0.0975. The van der Waals surface area contributed by atoms with E-state index in [2.05, 4.69) is 4.98 Å². The van der Waals surface area contributed by atoms with Crippen LogP contribution in [-0.4, -0.2) is 30.1 Å². The first kappa shape index (κ1) is 19.2. The molecule has 3 heterocycles. The molecular weight excluding hydrogens is 398 g/mol. The quantitative estimate of drug-likeness (QED) is 0.553. The molecule has 158 valence electrons. The number of rotatable bonds is 8. The van der Waals surface area contributed by atoms with E-state index >= 15 is 0 Å². The molecule has 0 unspecified atom stereocenters. The van der Waals surface area contributed by atoms with Crippen molar-refractivity contribution in [2.75, 3.05) is 13.6 Å². The maximum Gasteiger partial charge on any atom is 0.231 e. The molecule has 7 nitrogen and oxygen atoms in total. The fourth-order valence-electron chi connectivity index (χ4n) is 3.71. The summed E-state index contributed by atoms with van der Waals surface area (Å²) in [5, 5.41) is 0. The van der Waals surface area contributed by atoms with Gasteiger partial charge in [-0.3, -0.25) is 9.59 Å². The summed E-state index contributed by atoms with van der Waals surface area (Å²) in [6.45, 7) is 0.380. The van der Waals surface area contributed by atoms with Gasteiger partial charge in [-0.25, -0.2) is 0 Å². The zero-order valence-electron chi connectivity index (χ0n) is 16.8. The van der Waals surface area contributed by atoms with E-state index in [9.17, 15) is 9.59 Å². The first-order chi connectivity index (χ1) is 15.2. The zero-order valence-corrected chi connectivity index (χ0v) is 16.8. The molecule has 0 radical (unpaired) electrons. The fraction of sp³-hybridized carbons (Fsp3) is 0.250. The van der Waals surface area contributed by atoms with E-state index in [1.165, 1.54) is 0 Å². The molecule has 7 heteroatoms. The van der Waals surface area contributed by atoms with Crippen LogP contribution in [0.2, 0.25) is 0 Å². The number of hydrogen-bond donors (Lipinski definition) is 1. The standard InChI is InChI=1S/C24H21NO6/c26-19(15-1-9-21-23(11-15)30-13-28-21)7-5-17-3-4-18(25-17)6-8-20(27)16-2-10-22-24(12-16)31-14-29-22/h1-4,9-12,25H,5-8,13-14H2. The number of aromatic amines is 1. The summed E-state index contributed by atoms with van der Waals surface area (Å²) in [4.78, 5) is 28.3. The van der Waals surface area contributed by atoms with Crippen LogP contribution in [0.1, 0.15) is 44.9 Å². The molecule has 3 aromatic rings. The number of Topliss-reactive ketones (excluding diaryl/α,β-unsaturated/α-hetero) is 2. The van der Waals surface area contributed by atoms with Crippen molar-refractivity contribution in [2.45, 2.75) is 25.7 Å². The minimum atomic E-state index is 0.0486. The Morgan fingerprint density at radius 1 is 0.645 bits per heavy atom. The molecule has 0 fully saturated rings. The first-order valence-electron chi connectivity index (χ1n) is 10.2. The van der Waals surface area contributed by atoms with Gasteiger partial charge in [-0.05, 0) is 61.4 Å². The molecule has 0 atom stereocenters. The predicted octanol–water partition coefficient (Wildman–Crippen LogP) is 4.10. The molecular formula is C24H21NO6. The number of benzene rings is 2. The van der Waals surface area contributed by atoms with E-state index < -0.39 is 0 Å². The molecule has 31 heavy (non-hydrogen) atoms. The van der Waals surface area contributed by atoms with Gasteiger partial charge in [-0.2, -0.15) is 0 Å². The van der Waals surface area contributed by atoms with Crippen LogP contribution in [0.5, 0.6) is 23.0 Å². The van der Waals surface area contributed by atoms with Crippen LogP contribution < -0.4 is 18.9 Å². The molecule has 0 bridgehead atoms. The first-order valence-corrected chi connectivity index (χ1v) is 10.2. The van der Waals surface area contributed by atoms with Gasteiger partial charge in [0.05, 0.1) is 0 Å². The lowest BCUT2D eigenvalue weighted by Crippen LogP contribution is -2.03. The van der Waals surface area contributed by atoms with Crippen LogP contribution in [0.3, 0.4) is 0 Å². The van der Waals surface area contributed by atoms with Crippen molar-refractivity contribution in [2.24, 2.45) is 0 Å². The van der Waals surface area contributed by atoms with Crippen molar-refractivity contribution >= 4 is 11.6 Å². The SMILES string of the molecule is O=C(CCc1ccc(CCC(=O)c2ccc3c(c2)OCO3)[nH]1)c1ccc2c(c1)OCO2. The third-order valence-corrected chi connectivity index (χ3v) is 5.44. The number of ether oxygens (including phenoxy) is 4. The highest BCUT2D eigenvalue weighted by molar-refractivity contribution is 5.97. The lowest BCUT2D eigenvalue weighted by atomic mass is 10.1. The lowest BCUT2D eigenvalue weighted by Gasteiger charge is -2.03. The van der Waals surface area contributed by atoms with E-state index in [-0.39, 0.29) is 25.2 Å². The molecule has 0 amide bonds. The largest absolute Gasteiger partial charge is 0.454 e. The summed E-state index contributed by atoms with van der Waals surface area (Å²) < 4.78 is 21.2. The van der Waals surface area contributed by atoms with Crippen molar-refractivity contribution in [1.29, 1.82) is 0 Å². The van der Waals surface area contributed by atoms with E-state index in [4.69, 9.17) is 18.9 Å². The minimum Gasteiger partial charge on any atom is -0.454 e. The van der Waals surface area contributed by atoms with Gasteiger partial charge in [0, 0.05) is 35.4 Å². The van der Waals surface area contributed by atoms with Crippen LogP contribution in [0.25, 0.3) is 0 Å². The second kappa shape index (κ2) is 8.18. The summed E-state index contributed by atoms with van der Waals surface area (Å²) in [5.41, 5.74) is 3.18. The highest BCUT2D eigenvalue weighted by Gasteiger charge is 2.18. The fourth-order valence-corrected chi connectivity index (χ4v) is 3.71. The Morgan fingerprint density at radius 3 is 1.58 bits per heavy atom. The van der Waals surface area contributed by atoms with Crippen LogP contribution in [0.4, 0.5) is 0 Å². The summed E-state index contributed by atoms with van der Waals surface area (Å²) in [5.74, 6) is 2.65. The molecule has 2 aliphatic rings. The number of aromatic nitrogens is 1. The highest BCUT2D eigenvalue weighted by atomic mass is 16.7. The van der Waals surface area contributed by atoms with Gasteiger partial charge in [-0.1, -0.05) is 0 Å². The van der Waals surface area contributed by atoms with Gasteiger partial charge in [0.15, 0.2) is 34.6 Å². The second-order valence-electron chi connectivity index (χ2n) is 7.49. The number of carbonyl (C=O) groups excluding carboxylic acids is 2. The molecule has 0 aliphatic carbocycles. The zero-order chi connectivity index (χ0) is 21.2. The molecule has 5 rings (SSSR count). The molecule has 0 saturated carbocycles. The third kappa shape index (κ3) is 4.12. The number of aryl methyl sites for hydroxylation is 2. The Balaban J connectivity index is 1.13. The summed E-state index contributed by atoms with van der Waals surface area (Å²) >= 11 is 0. The van der Waals surface area contributed by atoms with Crippen LogP contribution in [0.15, 0.2) is 48.5 Å². The van der Waals surface area contributed by atoms with Crippen molar-refractivity contribution < 1.29 is 28.5 Å². The number of ketones is 2. The Labute approximate surface area is 178 Å². The van der Waals surface area contributed by atoms with Crippen molar-refractivity contribution in [3.05, 3.63) is 71.0 Å².